The summed E-state index contributed by atoms with van der Waals surface area (Å²) in [5.74, 6) is 0. The lowest BCUT2D eigenvalue weighted by atomic mass is 10.0. The second-order valence-corrected chi connectivity index (χ2v) is 8.91. The number of rotatable bonds is 18. The molecule has 2 aromatic rings. The van der Waals surface area contributed by atoms with E-state index in [1.165, 1.54) is 88.3 Å². The van der Waals surface area contributed by atoms with E-state index in [4.69, 9.17) is 4.74 Å². The smallest absolute Gasteiger partial charge is 0.108 e. The number of ether oxygens (including phenoxy) is 1. The minimum absolute atomic E-state index is 0.0118. The maximum absolute atomic E-state index is 6.35. The van der Waals surface area contributed by atoms with Crippen molar-refractivity contribution in [3.8, 4) is 0 Å². The van der Waals surface area contributed by atoms with Crippen molar-refractivity contribution in [2.75, 3.05) is 26.7 Å². The Morgan fingerprint density at radius 3 is 1.55 bits per heavy atom. The average molecular weight is 424 g/mol. The summed E-state index contributed by atoms with van der Waals surface area (Å²) in [6, 6.07) is 21.1. The van der Waals surface area contributed by atoms with E-state index in [0.717, 1.165) is 13.2 Å². The van der Waals surface area contributed by atoms with Crippen LogP contribution in [0.4, 0.5) is 0 Å². The van der Waals surface area contributed by atoms with Crippen molar-refractivity contribution in [2.24, 2.45) is 0 Å². The predicted molar refractivity (Wildman–Crippen MR) is 135 cm³/mol. The van der Waals surface area contributed by atoms with E-state index >= 15 is 0 Å². The number of hydrogen-bond acceptors (Lipinski definition) is 2. The monoisotopic (exact) mass is 423 g/mol. The number of likely N-dealkylation sites (N-methyl/N-ethyl adjacent to an activating group) is 1. The second-order valence-electron chi connectivity index (χ2n) is 8.91. The average Bonchev–Trinajstić information content (AvgIpc) is 2.81. The Morgan fingerprint density at radius 1 is 0.613 bits per heavy atom. The molecule has 31 heavy (non-hydrogen) atoms. The Morgan fingerprint density at radius 2 is 1.06 bits per heavy atom. The molecule has 0 spiro atoms. The van der Waals surface area contributed by atoms with E-state index in [-0.39, 0.29) is 6.10 Å². The molecule has 0 amide bonds. The minimum Gasteiger partial charge on any atom is -0.367 e. The van der Waals surface area contributed by atoms with Crippen LogP contribution >= 0.6 is 0 Å². The van der Waals surface area contributed by atoms with Crippen molar-refractivity contribution in [1.82, 2.24) is 4.90 Å². The van der Waals surface area contributed by atoms with E-state index in [2.05, 4.69) is 79.5 Å². The van der Waals surface area contributed by atoms with Gasteiger partial charge in [0.05, 0.1) is 6.61 Å². The van der Waals surface area contributed by atoms with Gasteiger partial charge in [-0.05, 0) is 31.1 Å². The summed E-state index contributed by atoms with van der Waals surface area (Å²) in [6.45, 7) is 5.19. The molecule has 0 saturated carbocycles. The molecule has 2 aromatic carbocycles. The van der Waals surface area contributed by atoms with Gasteiger partial charge in [0.1, 0.15) is 6.10 Å². The molecule has 0 heterocycles. The van der Waals surface area contributed by atoms with Crippen molar-refractivity contribution in [3.05, 3.63) is 71.8 Å². The van der Waals surface area contributed by atoms with Crippen molar-refractivity contribution >= 4 is 0 Å². The lowest BCUT2D eigenvalue weighted by Crippen LogP contribution is -2.25. The van der Waals surface area contributed by atoms with Gasteiger partial charge in [-0.25, -0.2) is 0 Å². The maximum Gasteiger partial charge on any atom is 0.108 e. The molecule has 172 valence electrons. The quantitative estimate of drug-likeness (QED) is 0.225. The number of nitrogens with zero attached hydrogens (tertiary/aromatic N) is 1. The highest BCUT2D eigenvalue weighted by atomic mass is 16.5. The Labute approximate surface area is 192 Å². The van der Waals surface area contributed by atoms with Crippen LogP contribution in [0.1, 0.15) is 94.8 Å². The van der Waals surface area contributed by atoms with Crippen LogP contribution in [0.3, 0.4) is 0 Å². The Bertz CT molecular complexity index is 603. The molecule has 0 saturated heterocycles. The van der Waals surface area contributed by atoms with Gasteiger partial charge in [0, 0.05) is 6.54 Å². The fourth-order valence-electron chi connectivity index (χ4n) is 4.12. The van der Waals surface area contributed by atoms with E-state index in [1.54, 1.807) is 0 Å². The summed E-state index contributed by atoms with van der Waals surface area (Å²) < 4.78 is 6.35. The first-order valence-electron chi connectivity index (χ1n) is 12.7. The molecule has 0 aliphatic carbocycles. The summed E-state index contributed by atoms with van der Waals surface area (Å²) in [6.07, 6.45) is 15.4. The third kappa shape index (κ3) is 11.5. The lowest BCUT2D eigenvalue weighted by Gasteiger charge is -2.22. The summed E-state index contributed by atoms with van der Waals surface area (Å²) >= 11 is 0. The predicted octanol–water partition coefficient (Wildman–Crippen LogP) is 8.04. The first kappa shape index (κ1) is 25.6. The van der Waals surface area contributed by atoms with E-state index in [9.17, 15) is 0 Å². The Hall–Kier alpha value is -1.64. The van der Waals surface area contributed by atoms with Gasteiger partial charge in [0.25, 0.3) is 0 Å². The zero-order valence-corrected chi connectivity index (χ0v) is 20.1. The van der Waals surface area contributed by atoms with Crippen LogP contribution in [-0.4, -0.2) is 31.6 Å². The number of benzene rings is 2. The van der Waals surface area contributed by atoms with Crippen molar-refractivity contribution in [1.29, 1.82) is 0 Å². The minimum atomic E-state index is 0.0118. The molecule has 2 nitrogen and oxygen atoms in total. The van der Waals surface area contributed by atoms with Crippen LogP contribution in [-0.2, 0) is 4.74 Å². The Kier molecular flexibility index (Phi) is 14.0. The SMILES string of the molecule is CCCCCCCCCCCCCN(C)CCOC(c1ccccc1)c1ccccc1. The molecule has 0 atom stereocenters. The third-order valence-corrected chi connectivity index (χ3v) is 6.11. The number of hydrogen-bond donors (Lipinski definition) is 0. The summed E-state index contributed by atoms with van der Waals surface area (Å²) in [7, 11) is 2.22. The topological polar surface area (TPSA) is 12.5 Å². The maximum atomic E-state index is 6.35. The van der Waals surface area contributed by atoms with Gasteiger partial charge in [0.15, 0.2) is 0 Å². The molecule has 0 aliphatic rings. The van der Waals surface area contributed by atoms with Gasteiger partial charge in [-0.3, -0.25) is 0 Å². The van der Waals surface area contributed by atoms with E-state index < -0.39 is 0 Å². The van der Waals surface area contributed by atoms with Crippen LogP contribution in [0, 0.1) is 0 Å². The molecular weight excluding hydrogens is 378 g/mol. The molecule has 0 N–H and O–H groups in total. The Balaban J connectivity index is 1.56. The van der Waals surface area contributed by atoms with Crippen LogP contribution < -0.4 is 0 Å². The second kappa shape index (κ2) is 17.0. The highest BCUT2D eigenvalue weighted by Gasteiger charge is 2.14. The first-order valence-corrected chi connectivity index (χ1v) is 12.7. The number of unbranched alkanes of at least 4 members (excludes halogenated alkanes) is 10. The fourth-order valence-corrected chi connectivity index (χ4v) is 4.12. The molecule has 0 bridgehead atoms. The van der Waals surface area contributed by atoms with Crippen molar-refractivity contribution < 1.29 is 4.74 Å². The van der Waals surface area contributed by atoms with Gasteiger partial charge in [0.2, 0.25) is 0 Å². The molecule has 0 unspecified atom stereocenters. The molecule has 0 aromatic heterocycles. The molecule has 0 fully saturated rings. The van der Waals surface area contributed by atoms with Gasteiger partial charge < -0.3 is 9.64 Å². The van der Waals surface area contributed by atoms with Gasteiger partial charge in [-0.2, -0.15) is 0 Å². The van der Waals surface area contributed by atoms with E-state index in [1.807, 2.05) is 0 Å². The van der Waals surface area contributed by atoms with Crippen LogP contribution in [0.25, 0.3) is 0 Å². The standard InChI is InChI=1S/C29H45NO/c1-3-4-5-6-7-8-9-10-11-12-19-24-30(2)25-26-31-29(27-20-15-13-16-21-27)28-22-17-14-18-23-28/h13-18,20-23,29H,3-12,19,24-26H2,1-2H3. The van der Waals surface area contributed by atoms with Gasteiger partial charge in [-0.15, -0.1) is 0 Å². The summed E-state index contributed by atoms with van der Waals surface area (Å²) in [5.41, 5.74) is 2.45. The highest BCUT2D eigenvalue weighted by molar-refractivity contribution is 5.29. The van der Waals surface area contributed by atoms with Gasteiger partial charge >= 0.3 is 0 Å². The summed E-state index contributed by atoms with van der Waals surface area (Å²) in [4.78, 5) is 2.42. The lowest BCUT2D eigenvalue weighted by molar-refractivity contribution is 0.0645. The molecule has 2 rings (SSSR count). The van der Waals surface area contributed by atoms with Crippen molar-refractivity contribution in [3.63, 3.8) is 0 Å². The normalized spacial score (nSPS) is 11.5. The van der Waals surface area contributed by atoms with E-state index in [0.29, 0.717) is 0 Å². The van der Waals surface area contributed by atoms with Crippen LogP contribution in [0.5, 0.6) is 0 Å². The van der Waals surface area contributed by atoms with Crippen LogP contribution in [0.15, 0.2) is 60.7 Å². The zero-order chi connectivity index (χ0) is 22.0. The zero-order valence-electron chi connectivity index (χ0n) is 20.1. The molecular formula is C29H45NO. The molecule has 0 radical (unpaired) electrons. The highest BCUT2D eigenvalue weighted by Crippen LogP contribution is 2.25. The largest absolute Gasteiger partial charge is 0.367 e. The fraction of sp³-hybridized carbons (Fsp3) is 0.586. The van der Waals surface area contributed by atoms with Crippen LogP contribution in [0.2, 0.25) is 0 Å². The van der Waals surface area contributed by atoms with Gasteiger partial charge in [-0.1, -0.05) is 132 Å². The molecule has 2 heteroatoms. The third-order valence-electron chi connectivity index (χ3n) is 6.11. The first-order chi connectivity index (χ1) is 15.3. The summed E-state index contributed by atoms with van der Waals surface area (Å²) in [5, 5.41) is 0. The van der Waals surface area contributed by atoms with Crippen molar-refractivity contribution in [2.45, 2.75) is 83.7 Å². The molecule has 0 aliphatic heterocycles.